The average molecular weight is 271 g/mol. The molecule has 2 rings (SSSR count). The van der Waals surface area contributed by atoms with E-state index < -0.39 is 29.4 Å². The van der Waals surface area contributed by atoms with E-state index >= 15 is 0 Å². The molecule has 2 aliphatic rings. The first kappa shape index (κ1) is 13.6. The number of urea groups is 1. The first-order valence-corrected chi connectivity index (χ1v) is 6.11. The first-order chi connectivity index (χ1) is 8.96. The molecule has 8 heteroatoms. The van der Waals surface area contributed by atoms with Gasteiger partial charge in [0, 0.05) is 13.1 Å². The van der Waals surface area contributed by atoms with Gasteiger partial charge in [0.2, 0.25) is 5.91 Å². The van der Waals surface area contributed by atoms with Crippen LogP contribution in [0.4, 0.5) is 4.79 Å². The normalized spacial score (nSPS) is 24.6. The topological polar surface area (TPSA) is 122 Å². The lowest BCUT2D eigenvalue weighted by atomic mass is 10.1. The largest absolute Gasteiger partial charge is 0.481 e. The number of nitrogens with one attached hydrogen (secondary N) is 1. The molecule has 8 nitrogen and oxygen atoms in total. The maximum absolute atomic E-state index is 12.0. The van der Waals surface area contributed by atoms with Crippen molar-refractivity contribution in [1.82, 2.24) is 10.2 Å². The third-order valence-electron chi connectivity index (χ3n) is 3.60. The number of ether oxygens (including phenoxy) is 1. The molecule has 0 bridgehead atoms. The Morgan fingerprint density at radius 3 is 2.63 bits per heavy atom. The van der Waals surface area contributed by atoms with Crippen molar-refractivity contribution >= 4 is 17.9 Å². The van der Waals surface area contributed by atoms with Crippen molar-refractivity contribution in [3.05, 3.63) is 0 Å². The lowest BCUT2D eigenvalue weighted by molar-refractivity contribution is -0.143. The van der Waals surface area contributed by atoms with Gasteiger partial charge in [-0.2, -0.15) is 0 Å². The van der Waals surface area contributed by atoms with Crippen molar-refractivity contribution in [2.75, 3.05) is 26.3 Å². The second-order valence-corrected chi connectivity index (χ2v) is 4.93. The van der Waals surface area contributed by atoms with E-state index in [0.717, 1.165) is 0 Å². The van der Waals surface area contributed by atoms with Crippen molar-refractivity contribution in [1.29, 1.82) is 0 Å². The molecule has 1 unspecified atom stereocenters. The summed E-state index contributed by atoms with van der Waals surface area (Å²) in [5.41, 5.74) is 4.37. The quantitative estimate of drug-likeness (QED) is 0.589. The third kappa shape index (κ3) is 2.78. The molecule has 0 aromatic rings. The van der Waals surface area contributed by atoms with Crippen LogP contribution in [0.2, 0.25) is 0 Å². The maximum atomic E-state index is 12.0. The van der Waals surface area contributed by atoms with Gasteiger partial charge in [0.1, 0.15) is 6.04 Å². The van der Waals surface area contributed by atoms with E-state index in [1.54, 1.807) is 0 Å². The van der Waals surface area contributed by atoms with Gasteiger partial charge in [0.05, 0.1) is 18.6 Å². The zero-order chi connectivity index (χ0) is 14.0. The highest BCUT2D eigenvalue weighted by Gasteiger charge is 2.50. The second-order valence-electron chi connectivity index (χ2n) is 4.93. The van der Waals surface area contributed by atoms with Gasteiger partial charge in [-0.05, 0) is 12.8 Å². The number of primary amides is 1. The molecular weight excluding hydrogens is 254 g/mol. The van der Waals surface area contributed by atoms with Gasteiger partial charge in [0.25, 0.3) is 0 Å². The number of hydrogen-bond donors (Lipinski definition) is 3. The Morgan fingerprint density at radius 1 is 1.42 bits per heavy atom. The van der Waals surface area contributed by atoms with Crippen LogP contribution in [0.25, 0.3) is 0 Å². The molecule has 1 atom stereocenters. The predicted octanol–water partition coefficient (Wildman–Crippen LogP) is -1.25. The van der Waals surface area contributed by atoms with E-state index in [1.165, 1.54) is 4.90 Å². The van der Waals surface area contributed by atoms with E-state index in [-0.39, 0.29) is 19.7 Å². The SMILES string of the molecule is NC(=O)C1COCCN1C(=O)NCC1(C(=O)O)CC1. The van der Waals surface area contributed by atoms with Crippen molar-refractivity contribution in [3.63, 3.8) is 0 Å². The van der Waals surface area contributed by atoms with Gasteiger partial charge in [-0.1, -0.05) is 0 Å². The fourth-order valence-corrected chi connectivity index (χ4v) is 2.05. The van der Waals surface area contributed by atoms with Gasteiger partial charge in [-0.15, -0.1) is 0 Å². The summed E-state index contributed by atoms with van der Waals surface area (Å²) in [6.45, 7) is 0.748. The Hall–Kier alpha value is -1.83. The number of carbonyl (C=O) groups excluding carboxylic acids is 2. The molecule has 0 aromatic heterocycles. The molecule has 0 aromatic carbocycles. The second kappa shape index (κ2) is 5.04. The Bertz CT molecular complexity index is 407. The van der Waals surface area contributed by atoms with Gasteiger partial charge < -0.3 is 25.8 Å². The van der Waals surface area contributed by atoms with Crippen LogP contribution < -0.4 is 11.1 Å². The zero-order valence-corrected chi connectivity index (χ0v) is 10.4. The molecule has 1 aliphatic heterocycles. The fourth-order valence-electron chi connectivity index (χ4n) is 2.05. The smallest absolute Gasteiger partial charge is 0.318 e. The van der Waals surface area contributed by atoms with Gasteiger partial charge in [0.15, 0.2) is 0 Å². The summed E-state index contributed by atoms with van der Waals surface area (Å²) in [5, 5.41) is 11.6. The minimum Gasteiger partial charge on any atom is -0.481 e. The van der Waals surface area contributed by atoms with Crippen LogP contribution in [0.3, 0.4) is 0 Å². The number of aliphatic carboxylic acids is 1. The van der Waals surface area contributed by atoms with Crippen molar-refractivity contribution in [2.24, 2.45) is 11.1 Å². The summed E-state index contributed by atoms with van der Waals surface area (Å²) in [7, 11) is 0. The molecular formula is C11H17N3O5. The number of rotatable bonds is 4. The van der Waals surface area contributed by atoms with Gasteiger partial charge in [-0.3, -0.25) is 9.59 Å². The summed E-state index contributed by atoms with van der Waals surface area (Å²) in [4.78, 5) is 35.5. The van der Waals surface area contributed by atoms with Crippen LogP contribution in [0, 0.1) is 5.41 Å². The van der Waals surface area contributed by atoms with Gasteiger partial charge >= 0.3 is 12.0 Å². The Morgan fingerprint density at radius 2 is 2.11 bits per heavy atom. The number of carbonyl (C=O) groups is 3. The Labute approximate surface area is 109 Å². The lowest BCUT2D eigenvalue weighted by Gasteiger charge is -2.33. The molecule has 4 N–H and O–H groups in total. The highest BCUT2D eigenvalue weighted by Crippen LogP contribution is 2.45. The van der Waals surface area contributed by atoms with Crippen molar-refractivity contribution < 1.29 is 24.2 Å². The average Bonchev–Trinajstić information content (AvgIpc) is 3.17. The monoisotopic (exact) mass is 271 g/mol. The molecule has 1 aliphatic carbocycles. The molecule has 3 amide bonds. The summed E-state index contributed by atoms with van der Waals surface area (Å²) in [6.07, 6.45) is 1.12. The highest BCUT2D eigenvalue weighted by atomic mass is 16.5. The van der Waals surface area contributed by atoms with Gasteiger partial charge in [-0.25, -0.2) is 4.79 Å². The minimum atomic E-state index is -0.902. The first-order valence-electron chi connectivity index (χ1n) is 6.11. The van der Waals surface area contributed by atoms with Crippen LogP contribution in [-0.4, -0.2) is 60.3 Å². The van der Waals surface area contributed by atoms with E-state index in [2.05, 4.69) is 5.32 Å². The van der Waals surface area contributed by atoms with Crippen LogP contribution in [0.5, 0.6) is 0 Å². The Kier molecular flexibility index (Phi) is 3.61. The molecule has 0 spiro atoms. The van der Waals surface area contributed by atoms with E-state index in [1.807, 2.05) is 0 Å². The van der Waals surface area contributed by atoms with Crippen LogP contribution in [0.1, 0.15) is 12.8 Å². The Balaban J connectivity index is 1.91. The predicted molar refractivity (Wildman–Crippen MR) is 63.2 cm³/mol. The van der Waals surface area contributed by atoms with E-state index in [0.29, 0.717) is 19.4 Å². The summed E-state index contributed by atoms with van der Waals surface area (Å²) in [6, 6.07) is -1.27. The van der Waals surface area contributed by atoms with Crippen LogP contribution in [-0.2, 0) is 14.3 Å². The number of amides is 3. The summed E-state index contributed by atoms with van der Waals surface area (Å²) in [5.74, 6) is -1.53. The number of hydrogen-bond acceptors (Lipinski definition) is 4. The van der Waals surface area contributed by atoms with E-state index in [4.69, 9.17) is 15.6 Å². The number of carboxylic acid groups (broad SMARTS) is 1. The number of nitrogens with zero attached hydrogens (tertiary/aromatic N) is 1. The molecule has 2 fully saturated rings. The maximum Gasteiger partial charge on any atom is 0.318 e. The molecule has 1 saturated carbocycles. The molecule has 1 saturated heterocycles. The molecule has 19 heavy (non-hydrogen) atoms. The highest BCUT2D eigenvalue weighted by molar-refractivity contribution is 5.86. The molecule has 1 heterocycles. The fraction of sp³-hybridized carbons (Fsp3) is 0.727. The van der Waals surface area contributed by atoms with Crippen LogP contribution >= 0.6 is 0 Å². The number of nitrogens with two attached hydrogens (primary N) is 1. The molecule has 0 radical (unpaired) electrons. The zero-order valence-electron chi connectivity index (χ0n) is 10.4. The number of carboxylic acids is 1. The molecule has 106 valence electrons. The third-order valence-corrected chi connectivity index (χ3v) is 3.60. The minimum absolute atomic E-state index is 0.0734. The number of morpholine rings is 1. The van der Waals surface area contributed by atoms with Crippen LogP contribution in [0.15, 0.2) is 0 Å². The van der Waals surface area contributed by atoms with E-state index in [9.17, 15) is 14.4 Å². The summed E-state index contributed by atoms with van der Waals surface area (Å²) < 4.78 is 5.10. The van der Waals surface area contributed by atoms with Crippen molar-refractivity contribution in [2.45, 2.75) is 18.9 Å². The standard InChI is InChI=1S/C11H17N3O5/c12-8(15)7-5-19-4-3-14(7)10(18)13-6-11(1-2-11)9(16)17/h7H,1-6H2,(H2,12,15)(H,13,18)(H,16,17). The summed E-state index contributed by atoms with van der Waals surface area (Å²) >= 11 is 0. The van der Waals surface area contributed by atoms with Crippen molar-refractivity contribution in [3.8, 4) is 0 Å². The lowest BCUT2D eigenvalue weighted by Crippen LogP contribution is -2.58.